The van der Waals surface area contributed by atoms with Gasteiger partial charge < -0.3 is 10.5 Å². The number of nitrogens with two attached hydrogens (primary N) is 1. The van der Waals surface area contributed by atoms with Crippen LogP contribution in [-0.4, -0.2) is 16.9 Å². The monoisotopic (exact) mass is 337 g/mol. The Morgan fingerprint density at radius 3 is 2.80 bits per heavy atom. The van der Waals surface area contributed by atoms with E-state index in [2.05, 4.69) is 40.9 Å². The van der Waals surface area contributed by atoms with Crippen molar-refractivity contribution < 1.29 is 4.74 Å². The predicted molar refractivity (Wildman–Crippen MR) is 84.0 cm³/mol. The zero-order valence-electron chi connectivity index (χ0n) is 12.1. The van der Waals surface area contributed by atoms with E-state index >= 15 is 0 Å². The van der Waals surface area contributed by atoms with Crippen molar-refractivity contribution >= 4 is 15.9 Å². The molecular weight excluding hydrogens is 318 g/mol. The maximum Gasteiger partial charge on any atom is 0.161 e. The van der Waals surface area contributed by atoms with Gasteiger partial charge in [-0.05, 0) is 36.6 Å². The molecule has 0 amide bonds. The lowest BCUT2D eigenvalue weighted by atomic mass is 9.99. The van der Waals surface area contributed by atoms with Crippen LogP contribution < -0.4 is 10.5 Å². The smallest absolute Gasteiger partial charge is 0.161 e. The predicted octanol–water partition coefficient (Wildman–Crippen LogP) is 3.42. The quantitative estimate of drug-likeness (QED) is 0.909. The number of rotatable bonds is 5. The van der Waals surface area contributed by atoms with E-state index in [1.165, 1.54) is 0 Å². The third kappa shape index (κ3) is 2.88. The Bertz CT molecular complexity index is 595. The standard InChI is InChI=1S/C15H20BrN3O/c1-4-7-19-15(13(20-3)9-18-19)14(17)12-6-5-11(16)8-10(12)2/h5-6,8-9,14H,4,7,17H2,1-3H3. The number of aryl methyl sites for hydroxylation is 2. The van der Waals surface area contributed by atoms with Gasteiger partial charge in [-0.25, -0.2) is 0 Å². The summed E-state index contributed by atoms with van der Waals surface area (Å²) in [5.74, 6) is 0.744. The molecule has 0 spiro atoms. The highest BCUT2D eigenvalue weighted by molar-refractivity contribution is 9.10. The molecule has 1 aromatic carbocycles. The van der Waals surface area contributed by atoms with Gasteiger partial charge in [0.2, 0.25) is 0 Å². The first-order chi connectivity index (χ1) is 9.58. The highest BCUT2D eigenvalue weighted by atomic mass is 79.9. The van der Waals surface area contributed by atoms with Crippen LogP contribution in [-0.2, 0) is 6.54 Å². The van der Waals surface area contributed by atoms with E-state index in [0.29, 0.717) is 0 Å². The van der Waals surface area contributed by atoms with Crippen molar-refractivity contribution in [3.63, 3.8) is 0 Å². The fourth-order valence-electron chi connectivity index (χ4n) is 2.37. The Morgan fingerprint density at radius 1 is 1.45 bits per heavy atom. The Kier molecular flexibility index (Phi) is 4.83. The van der Waals surface area contributed by atoms with Crippen molar-refractivity contribution in [2.24, 2.45) is 5.73 Å². The third-order valence-electron chi connectivity index (χ3n) is 3.36. The maximum absolute atomic E-state index is 6.46. The largest absolute Gasteiger partial charge is 0.493 e. The summed E-state index contributed by atoms with van der Waals surface area (Å²) in [6.07, 6.45) is 2.74. The molecule has 1 heterocycles. The zero-order chi connectivity index (χ0) is 14.7. The highest BCUT2D eigenvalue weighted by Gasteiger charge is 2.21. The summed E-state index contributed by atoms with van der Waals surface area (Å²) in [7, 11) is 1.65. The van der Waals surface area contributed by atoms with Crippen molar-refractivity contribution in [2.75, 3.05) is 7.11 Å². The number of ether oxygens (including phenoxy) is 1. The van der Waals surface area contributed by atoms with Gasteiger partial charge in [0.05, 0.1) is 19.3 Å². The Balaban J connectivity index is 2.46. The SMILES string of the molecule is CCCn1ncc(OC)c1C(N)c1ccc(Br)cc1C. The van der Waals surface area contributed by atoms with E-state index in [1.807, 2.05) is 16.8 Å². The minimum Gasteiger partial charge on any atom is -0.493 e. The van der Waals surface area contributed by atoms with Gasteiger partial charge in [-0.2, -0.15) is 5.10 Å². The molecule has 0 radical (unpaired) electrons. The van der Waals surface area contributed by atoms with Gasteiger partial charge in [-0.15, -0.1) is 0 Å². The fourth-order valence-corrected chi connectivity index (χ4v) is 2.85. The van der Waals surface area contributed by atoms with Crippen LogP contribution in [0.5, 0.6) is 5.75 Å². The summed E-state index contributed by atoms with van der Waals surface area (Å²) in [6, 6.07) is 5.89. The van der Waals surface area contributed by atoms with Gasteiger partial charge in [0.1, 0.15) is 5.69 Å². The van der Waals surface area contributed by atoms with E-state index in [9.17, 15) is 0 Å². The van der Waals surface area contributed by atoms with Crippen LogP contribution in [0.4, 0.5) is 0 Å². The molecule has 2 N–H and O–H groups in total. The Hall–Kier alpha value is -1.33. The molecule has 4 nitrogen and oxygen atoms in total. The molecule has 1 atom stereocenters. The van der Waals surface area contributed by atoms with Crippen molar-refractivity contribution in [2.45, 2.75) is 32.9 Å². The molecule has 5 heteroatoms. The van der Waals surface area contributed by atoms with Crippen LogP contribution in [0.3, 0.4) is 0 Å². The molecule has 1 unspecified atom stereocenters. The first-order valence-corrected chi connectivity index (χ1v) is 7.49. The van der Waals surface area contributed by atoms with Gasteiger partial charge in [-0.1, -0.05) is 28.9 Å². The number of aromatic nitrogens is 2. The Labute approximate surface area is 128 Å². The van der Waals surface area contributed by atoms with Gasteiger partial charge in [0.25, 0.3) is 0 Å². The number of methoxy groups -OCH3 is 1. The van der Waals surface area contributed by atoms with Crippen LogP contribution >= 0.6 is 15.9 Å². The average molecular weight is 338 g/mol. The summed E-state index contributed by atoms with van der Waals surface area (Å²) in [6.45, 7) is 5.02. The Morgan fingerprint density at radius 2 is 2.20 bits per heavy atom. The molecule has 2 rings (SSSR count). The topological polar surface area (TPSA) is 53.1 Å². The molecule has 0 aliphatic heterocycles. The average Bonchev–Trinajstić information content (AvgIpc) is 2.81. The van der Waals surface area contributed by atoms with Crippen LogP contribution in [0.15, 0.2) is 28.9 Å². The first kappa shape index (κ1) is 15.1. The van der Waals surface area contributed by atoms with Crippen molar-refractivity contribution in [1.29, 1.82) is 0 Å². The minimum absolute atomic E-state index is 0.243. The number of benzene rings is 1. The molecular formula is C15H20BrN3O. The molecule has 0 aliphatic rings. The lowest BCUT2D eigenvalue weighted by molar-refractivity contribution is 0.404. The van der Waals surface area contributed by atoms with E-state index in [0.717, 1.165) is 40.0 Å². The number of hydrogen-bond donors (Lipinski definition) is 1. The second-order valence-corrected chi connectivity index (χ2v) is 5.72. The van der Waals surface area contributed by atoms with Crippen LogP contribution in [0, 0.1) is 6.92 Å². The summed E-state index contributed by atoms with van der Waals surface area (Å²) in [5, 5.41) is 4.37. The molecule has 0 bridgehead atoms. The number of halogens is 1. The van der Waals surface area contributed by atoms with Crippen molar-refractivity contribution in [3.05, 3.63) is 45.7 Å². The maximum atomic E-state index is 6.46. The van der Waals surface area contributed by atoms with Crippen LogP contribution in [0.1, 0.15) is 36.2 Å². The van der Waals surface area contributed by atoms with Gasteiger partial charge in [0.15, 0.2) is 5.75 Å². The third-order valence-corrected chi connectivity index (χ3v) is 3.85. The lowest BCUT2D eigenvalue weighted by Crippen LogP contribution is -2.19. The van der Waals surface area contributed by atoms with Crippen molar-refractivity contribution in [1.82, 2.24) is 9.78 Å². The summed E-state index contributed by atoms with van der Waals surface area (Å²) < 4.78 is 8.40. The lowest BCUT2D eigenvalue weighted by Gasteiger charge is -2.18. The van der Waals surface area contributed by atoms with Gasteiger partial charge in [0, 0.05) is 11.0 Å². The molecule has 0 aliphatic carbocycles. The summed E-state index contributed by atoms with van der Waals surface area (Å²) in [4.78, 5) is 0. The summed E-state index contributed by atoms with van der Waals surface area (Å²) in [5.41, 5.74) is 9.63. The van der Waals surface area contributed by atoms with E-state index in [-0.39, 0.29) is 6.04 Å². The molecule has 0 fully saturated rings. The number of nitrogens with zero attached hydrogens (tertiary/aromatic N) is 2. The van der Waals surface area contributed by atoms with Gasteiger partial charge in [-0.3, -0.25) is 4.68 Å². The van der Waals surface area contributed by atoms with Gasteiger partial charge >= 0.3 is 0 Å². The van der Waals surface area contributed by atoms with E-state index in [4.69, 9.17) is 10.5 Å². The summed E-state index contributed by atoms with van der Waals surface area (Å²) >= 11 is 3.48. The highest BCUT2D eigenvalue weighted by Crippen LogP contribution is 2.31. The normalized spacial score (nSPS) is 12.4. The molecule has 0 saturated heterocycles. The molecule has 20 heavy (non-hydrogen) atoms. The first-order valence-electron chi connectivity index (χ1n) is 6.69. The van der Waals surface area contributed by atoms with Crippen molar-refractivity contribution in [3.8, 4) is 5.75 Å². The fraction of sp³-hybridized carbons (Fsp3) is 0.400. The molecule has 108 valence electrons. The number of hydrogen-bond acceptors (Lipinski definition) is 3. The molecule has 1 aromatic heterocycles. The van der Waals surface area contributed by atoms with Crippen LogP contribution in [0.25, 0.3) is 0 Å². The van der Waals surface area contributed by atoms with E-state index < -0.39 is 0 Å². The zero-order valence-corrected chi connectivity index (χ0v) is 13.6. The molecule has 2 aromatic rings. The van der Waals surface area contributed by atoms with Crippen LogP contribution in [0.2, 0.25) is 0 Å². The second kappa shape index (κ2) is 6.41. The molecule has 0 saturated carbocycles. The second-order valence-electron chi connectivity index (χ2n) is 4.80. The van der Waals surface area contributed by atoms with E-state index in [1.54, 1.807) is 13.3 Å². The minimum atomic E-state index is -0.243.